The first-order chi connectivity index (χ1) is 11.7. The summed E-state index contributed by atoms with van der Waals surface area (Å²) >= 11 is 0. The third kappa shape index (κ3) is 5.07. The Morgan fingerprint density at radius 2 is 1.83 bits per heavy atom. The molecule has 3 heteroatoms. The summed E-state index contributed by atoms with van der Waals surface area (Å²) in [6, 6.07) is 10.0. The quantitative estimate of drug-likeness (QED) is 0.598. The zero-order chi connectivity index (χ0) is 17.3. The molecule has 0 bridgehead atoms. The third-order valence-corrected chi connectivity index (χ3v) is 4.48. The van der Waals surface area contributed by atoms with Gasteiger partial charge in [-0.15, -0.1) is 0 Å². The van der Waals surface area contributed by atoms with E-state index in [0.717, 1.165) is 24.0 Å². The van der Waals surface area contributed by atoms with Gasteiger partial charge in [0.2, 0.25) is 0 Å². The number of carboxylic acid groups (broad SMARTS) is 1. The average molecular weight is 328 g/mol. The maximum Gasteiger partial charge on any atom is 0.340 e. The van der Waals surface area contributed by atoms with Crippen molar-refractivity contribution < 1.29 is 14.6 Å². The molecule has 1 aromatic rings. The van der Waals surface area contributed by atoms with E-state index in [1.165, 1.54) is 25.7 Å². The Kier molecular flexibility index (Phi) is 7.26. The fourth-order valence-electron chi connectivity index (χ4n) is 2.93. The minimum atomic E-state index is -1.21. The largest absolute Gasteiger partial charge is 0.479 e. The van der Waals surface area contributed by atoms with Gasteiger partial charge in [-0.1, -0.05) is 81.5 Å². The van der Waals surface area contributed by atoms with Gasteiger partial charge in [0, 0.05) is 13.0 Å². The van der Waals surface area contributed by atoms with Crippen molar-refractivity contribution in [1.29, 1.82) is 0 Å². The summed E-state index contributed by atoms with van der Waals surface area (Å²) in [5.41, 5.74) is 0.945. The van der Waals surface area contributed by atoms with E-state index in [1.54, 1.807) is 6.08 Å². The number of allylic oxidation sites excluding steroid dienone is 2. The van der Waals surface area contributed by atoms with Gasteiger partial charge in [-0.05, 0) is 23.6 Å². The molecule has 0 spiro atoms. The molecule has 24 heavy (non-hydrogen) atoms. The van der Waals surface area contributed by atoms with Gasteiger partial charge < -0.3 is 9.84 Å². The van der Waals surface area contributed by atoms with Crippen molar-refractivity contribution >= 4 is 11.5 Å². The summed E-state index contributed by atoms with van der Waals surface area (Å²) in [5, 5.41) is 9.61. The van der Waals surface area contributed by atoms with E-state index in [9.17, 15) is 9.90 Å². The van der Waals surface area contributed by atoms with Crippen molar-refractivity contribution in [1.82, 2.24) is 0 Å². The van der Waals surface area contributed by atoms with Crippen LogP contribution in [0.2, 0.25) is 0 Å². The number of ether oxygens (including phenoxy) is 1. The highest BCUT2D eigenvalue weighted by Crippen LogP contribution is 2.30. The lowest BCUT2D eigenvalue weighted by molar-refractivity contribution is -0.159. The standard InChI is InChI=1S/C21H28O3/c1-2-3-4-5-6-10-17-24-21(20(22)23)15-13-19(14-16-21)18-11-8-7-9-12-18/h7-9,11-15H,2-6,10,16-17H2,1H3,(H,22,23). The molecule has 2 rings (SSSR count). The third-order valence-electron chi connectivity index (χ3n) is 4.48. The van der Waals surface area contributed by atoms with Crippen molar-refractivity contribution in [2.24, 2.45) is 0 Å². The number of hydrogen-bond acceptors (Lipinski definition) is 2. The van der Waals surface area contributed by atoms with E-state index < -0.39 is 11.6 Å². The van der Waals surface area contributed by atoms with Crippen LogP contribution in [0.5, 0.6) is 0 Å². The predicted octanol–water partition coefficient (Wildman–Crippen LogP) is 5.23. The topological polar surface area (TPSA) is 46.5 Å². The molecule has 3 nitrogen and oxygen atoms in total. The minimum Gasteiger partial charge on any atom is -0.479 e. The minimum absolute atomic E-state index is 0.374. The van der Waals surface area contributed by atoms with Gasteiger partial charge in [-0.3, -0.25) is 0 Å². The van der Waals surface area contributed by atoms with Crippen LogP contribution in [-0.2, 0) is 9.53 Å². The number of unbranched alkanes of at least 4 members (excludes halogenated alkanes) is 5. The number of benzene rings is 1. The highest BCUT2D eigenvalue weighted by molar-refractivity contribution is 5.85. The first-order valence-electron chi connectivity index (χ1n) is 9.00. The van der Waals surface area contributed by atoms with Gasteiger partial charge >= 0.3 is 5.97 Å². The fraction of sp³-hybridized carbons (Fsp3) is 0.476. The molecule has 0 aliphatic heterocycles. The van der Waals surface area contributed by atoms with Gasteiger partial charge in [0.05, 0.1) is 0 Å². The summed E-state index contributed by atoms with van der Waals surface area (Å²) in [7, 11) is 0. The number of hydrogen-bond donors (Lipinski definition) is 1. The SMILES string of the molecule is CCCCCCCCOC1(C(=O)O)C=CC(c2ccccc2)=CC1. The molecule has 1 aromatic carbocycles. The summed E-state index contributed by atoms with van der Waals surface area (Å²) < 4.78 is 5.79. The fourth-order valence-corrected chi connectivity index (χ4v) is 2.93. The average Bonchev–Trinajstić information content (AvgIpc) is 2.62. The molecule has 1 aliphatic rings. The normalized spacial score (nSPS) is 20.0. The molecule has 1 unspecified atom stereocenters. The van der Waals surface area contributed by atoms with Crippen molar-refractivity contribution in [2.75, 3.05) is 6.61 Å². The zero-order valence-electron chi connectivity index (χ0n) is 14.5. The van der Waals surface area contributed by atoms with E-state index in [2.05, 4.69) is 6.92 Å². The van der Waals surface area contributed by atoms with Crippen molar-refractivity contribution in [3.05, 3.63) is 54.1 Å². The molecule has 0 saturated heterocycles. The Labute approximate surface area is 145 Å². The van der Waals surface area contributed by atoms with Crippen LogP contribution in [0, 0.1) is 0 Å². The number of aliphatic carboxylic acids is 1. The van der Waals surface area contributed by atoms with E-state index in [4.69, 9.17) is 4.74 Å². The van der Waals surface area contributed by atoms with Crippen molar-refractivity contribution in [3.63, 3.8) is 0 Å². The number of carbonyl (C=O) groups is 1. The highest BCUT2D eigenvalue weighted by atomic mass is 16.5. The molecular weight excluding hydrogens is 300 g/mol. The van der Waals surface area contributed by atoms with Crippen LogP contribution in [0.15, 0.2) is 48.6 Å². The lowest BCUT2D eigenvalue weighted by Gasteiger charge is -2.28. The Morgan fingerprint density at radius 3 is 2.46 bits per heavy atom. The lowest BCUT2D eigenvalue weighted by atomic mass is 9.89. The Hall–Kier alpha value is -1.87. The Bertz CT molecular complexity index is 574. The van der Waals surface area contributed by atoms with Gasteiger partial charge in [-0.2, -0.15) is 0 Å². The summed E-state index contributed by atoms with van der Waals surface area (Å²) in [4.78, 5) is 11.7. The highest BCUT2D eigenvalue weighted by Gasteiger charge is 2.37. The second kappa shape index (κ2) is 9.43. The van der Waals surface area contributed by atoms with E-state index in [1.807, 2.05) is 42.5 Å². The van der Waals surface area contributed by atoms with Crippen LogP contribution in [0.3, 0.4) is 0 Å². The first-order valence-corrected chi connectivity index (χ1v) is 9.00. The van der Waals surface area contributed by atoms with Crippen LogP contribution in [0.25, 0.3) is 5.57 Å². The van der Waals surface area contributed by atoms with Crippen LogP contribution >= 0.6 is 0 Å². The molecule has 130 valence electrons. The molecule has 0 amide bonds. The summed E-state index contributed by atoms with van der Waals surface area (Å²) in [5.74, 6) is -0.909. The molecule has 0 saturated carbocycles. The van der Waals surface area contributed by atoms with Crippen molar-refractivity contribution in [2.45, 2.75) is 57.5 Å². The van der Waals surface area contributed by atoms with Crippen LogP contribution < -0.4 is 0 Å². The smallest absolute Gasteiger partial charge is 0.340 e. The van der Waals surface area contributed by atoms with Gasteiger partial charge in [0.25, 0.3) is 0 Å². The predicted molar refractivity (Wildman–Crippen MR) is 97.9 cm³/mol. The molecule has 0 aromatic heterocycles. The molecule has 0 heterocycles. The molecule has 1 aliphatic carbocycles. The summed E-state index contributed by atoms with van der Waals surface area (Å²) in [6.45, 7) is 2.70. The van der Waals surface area contributed by atoms with Gasteiger partial charge in [-0.25, -0.2) is 4.79 Å². The number of carboxylic acids is 1. The Morgan fingerprint density at radius 1 is 1.12 bits per heavy atom. The maximum atomic E-state index is 11.7. The number of rotatable bonds is 10. The second-order valence-electron chi connectivity index (χ2n) is 6.37. The van der Waals surface area contributed by atoms with Crippen LogP contribution in [0.4, 0.5) is 0 Å². The van der Waals surface area contributed by atoms with E-state index >= 15 is 0 Å². The van der Waals surface area contributed by atoms with Crippen LogP contribution in [-0.4, -0.2) is 23.3 Å². The van der Waals surface area contributed by atoms with Crippen molar-refractivity contribution in [3.8, 4) is 0 Å². The lowest BCUT2D eigenvalue weighted by Crippen LogP contribution is -2.40. The van der Waals surface area contributed by atoms with E-state index in [-0.39, 0.29) is 0 Å². The Balaban J connectivity index is 1.86. The van der Waals surface area contributed by atoms with Gasteiger partial charge in [0.1, 0.15) is 0 Å². The van der Waals surface area contributed by atoms with Crippen LogP contribution in [0.1, 0.15) is 57.4 Å². The molecule has 0 radical (unpaired) electrons. The molecule has 1 N–H and O–H groups in total. The molecular formula is C21H28O3. The second-order valence-corrected chi connectivity index (χ2v) is 6.37. The zero-order valence-corrected chi connectivity index (χ0v) is 14.5. The maximum absolute atomic E-state index is 11.7. The van der Waals surface area contributed by atoms with Gasteiger partial charge in [0.15, 0.2) is 5.60 Å². The molecule has 1 atom stereocenters. The van der Waals surface area contributed by atoms with E-state index in [0.29, 0.717) is 13.0 Å². The monoisotopic (exact) mass is 328 g/mol. The molecule has 0 fully saturated rings. The first kappa shape index (κ1) is 18.5. The summed E-state index contributed by atoms with van der Waals surface area (Å²) in [6.07, 6.45) is 12.9.